The zero-order chi connectivity index (χ0) is 17.7. The third-order valence-corrected chi connectivity index (χ3v) is 4.41. The second-order valence-corrected chi connectivity index (χ2v) is 6.67. The third-order valence-electron chi connectivity index (χ3n) is 3.51. The average Bonchev–Trinajstić information content (AvgIpc) is 2.61. The lowest BCUT2D eigenvalue weighted by molar-refractivity contribution is 0.483. The van der Waals surface area contributed by atoms with E-state index in [1.165, 1.54) is 6.07 Å². The molecule has 0 saturated carbocycles. The van der Waals surface area contributed by atoms with Crippen LogP contribution in [-0.2, 0) is 10.1 Å². The van der Waals surface area contributed by atoms with Crippen LogP contribution in [0.15, 0.2) is 77.8 Å². The first-order valence-electron chi connectivity index (χ1n) is 7.56. The lowest BCUT2D eigenvalue weighted by Gasteiger charge is -2.13. The fraction of sp³-hybridized carbons (Fsp3) is 0. The molecule has 6 heteroatoms. The summed E-state index contributed by atoms with van der Waals surface area (Å²) in [4.78, 5) is 3.94. The van der Waals surface area contributed by atoms with Crippen molar-refractivity contribution in [3.8, 4) is 0 Å². The van der Waals surface area contributed by atoms with Crippen molar-refractivity contribution in [3.63, 3.8) is 0 Å². The molecule has 1 heterocycles. The Balaban J connectivity index is 2.07. The Bertz CT molecular complexity index is 986. The van der Waals surface area contributed by atoms with E-state index in [1.54, 1.807) is 42.6 Å². The molecule has 2 aromatic carbocycles. The van der Waals surface area contributed by atoms with Gasteiger partial charge in [0.2, 0.25) is 0 Å². The number of benzene rings is 2. The Kier molecular flexibility index (Phi) is 4.92. The first-order chi connectivity index (χ1) is 12.0. The quantitative estimate of drug-likeness (QED) is 0.530. The Morgan fingerprint density at radius 2 is 1.64 bits per heavy atom. The first kappa shape index (κ1) is 16.9. The highest BCUT2D eigenvalue weighted by molar-refractivity contribution is 7.86. The van der Waals surface area contributed by atoms with Crippen LogP contribution in [0.25, 0.3) is 12.2 Å². The largest absolute Gasteiger partial charge is 0.339 e. The van der Waals surface area contributed by atoms with Gasteiger partial charge in [-0.3, -0.25) is 4.55 Å². The molecule has 0 fully saturated rings. The number of hydrogen-bond acceptors (Lipinski definition) is 4. The molecule has 2 N–H and O–H groups in total. The summed E-state index contributed by atoms with van der Waals surface area (Å²) in [7, 11) is -4.38. The number of aromatic nitrogens is 1. The third kappa shape index (κ3) is 4.32. The molecule has 0 aliphatic heterocycles. The van der Waals surface area contributed by atoms with Gasteiger partial charge in [0.05, 0.1) is 5.69 Å². The van der Waals surface area contributed by atoms with Crippen LogP contribution in [0.1, 0.15) is 11.1 Å². The SMILES string of the molecule is O=S(=O)(O)c1cccc(/C=C\c2ccccc2)c1Nc1ccccn1. The van der Waals surface area contributed by atoms with Crippen molar-refractivity contribution in [1.82, 2.24) is 4.98 Å². The second-order valence-electron chi connectivity index (χ2n) is 5.28. The normalized spacial score (nSPS) is 11.6. The van der Waals surface area contributed by atoms with Gasteiger partial charge in [0, 0.05) is 6.20 Å². The minimum atomic E-state index is -4.38. The minimum absolute atomic E-state index is 0.201. The summed E-state index contributed by atoms with van der Waals surface area (Å²) < 4.78 is 33.0. The van der Waals surface area contributed by atoms with Gasteiger partial charge in [-0.25, -0.2) is 4.98 Å². The van der Waals surface area contributed by atoms with Crippen LogP contribution in [0, 0.1) is 0 Å². The first-order valence-corrected chi connectivity index (χ1v) is 9.00. The van der Waals surface area contributed by atoms with E-state index in [2.05, 4.69) is 10.3 Å². The van der Waals surface area contributed by atoms with E-state index < -0.39 is 10.1 Å². The van der Waals surface area contributed by atoms with Gasteiger partial charge in [-0.15, -0.1) is 0 Å². The number of anilines is 2. The predicted octanol–water partition coefficient (Wildman–Crippen LogP) is 4.24. The van der Waals surface area contributed by atoms with Crippen LogP contribution in [-0.4, -0.2) is 18.0 Å². The predicted molar refractivity (Wildman–Crippen MR) is 99.1 cm³/mol. The van der Waals surface area contributed by atoms with Gasteiger partial charge in [0.1, 0.15) is 10.7 Å². The van der Waals surface area contributed by atoms with Crippen molar-refractivity contribution in [2.45, 2.75) is 4.90 Å². The van der Waals surface area contributed by atoms with Crippen LogP contribution in [0.4, 0.5) is 11.5 Å². The lowest BCUT2D eigenvalue weighted by Crippen LogP contribution is -2.05. The average molecular weight is 352 g/mol. The van der Waals surface area contributed by atoms with Crippen LogP contribution >= 0.6 is 0 Å². The molecule has 3 rings (SSSR count). The van der Waals surface area contributed by atoms with Gasteiger partial charge in [0.15, 0.2) is 0 Å². The molecule has 0 radical (unpaired) electrons. The molecule has 0 aliphatic rings. The smallest absolute Gasteiger partial charge is 0.296 e. The summed E-state index contributed by atoms with van der Waals surface area (Å²) in [5, 5.41) is 2.98. The van der Waals surface area contributed by atoms with Gasteiger partial charge in [-0.2, -0.15) is 8.42 Å². The summed E-state index contributed by atoms with van der Waals surface area (Å²) >= 11 is 0. The van der Waals surface area contributed by atoms with Crippen molar-refractivity contribution in [2.24, 2.45) is 0 Å². The van der Waals surface area contributed by atoms with Crippen LogP contribution in [0.2, 0.25) is 0 Å². The zero-order valence-electron chi connectivity index (χ0n) is 13.2. The molecule has 1 aromatic heterocycles. The molecule has 0 aliphatic carbocycles. The molecular weight excluding hydrogens is 336 g/mol. The molecule has 0 spiro atoms. The van der Waals surface area contributed by atoms with E-state index in [9.17, 15) is 13.0 Å². The Labute approximate surface area is 146 Å². The number of rotatable bonds is 5. The van der Waals surface area contributed by atoms with Gasteiger partial charge < -0.3 is 5.32 Å². The van der Waals surface area contributed by atoms with Crippen LogP contribution < -0.4 is 5.32 Å². The van der Waals surface area contributed by atoms with Gasteiger partial charge in [-0.05, 0) is 29.3 Å². The maximum atomic E-state index is 11.7. The Hall–Kier alpha value is -2.96. The molecule has 0 saturated heterocycles. The lowest BCUT2D eigenvalue weighted by atomic mass is 10.1. The molecule has 25 heavy (non-hydrogen) atoms. The van der Waals surface area contributed by atoms with Gasteiger partial charge in [-0.1, -0.05) is 60.7 Å². The molecule has 0 bridgehead atoms. The van der Waals surface area contributed by atoms with E-state index in [4.69, 9.17) is 0 Å². The highest BCUT2D eigenvalue weighted by Crippen LogP contribution is 2.29. The summed E-state index contributed by atoms with van der Waals surface area (Å²) in [5.41, 5.74) is 1.86. The molecule has 126 valence electrons. The Morgan fingerprint density at radius 3 is 2.32 bits per heavy atom. The molecule has 3 aromatic rings. The number of para-hydroxylation sites is 1. The number of nitrogens with one attached hydrogen (secondary N) is 1. The number of pyridine rings is 1. The number of nitrogens with zero attached hydrogens (tertiary/aromatic N) is 1. The molecular formula is C19H16N2O3S. The van der Waals surface area contributed by atoms with Crippen LogP contribution in [0.3, 0.4) is 0 Å². The van der Waals surface area contributed by atoms with Gasteiger partial charge in [0.25, 0.3) is 10.1 Å². The summed E-state index contributed by atoms with van der Waals surface area (Å²) in [6.45, 7) is 0. The van der Waals surface area contributed by atoms with Crippen molar-refractivity contribution >= 4 is 33.8 Å². The standard InChI is InChI=1S/C19H16N2O3S/c22-25(23,24)17-10-6-9-16(13-12-15-7-2-1-3-8-15)19(17)21-18-11-4-5-14-20-18/h1-14H,(H,20,21)(H,22,23,24)/b13-12-. The van der Waals surface area contributed by atoms with E-state index in [0.29, 0.717) is 11.4 Å². The van der Waals surface area contributed by atoms with Crippen molar-refractivity contribution in [2.75, 3.05) is 5.32 Å². The van der Waals surface area contributed by atoms with E-state index >= 15 is 0 Å². The second kappa shape index (κ2) is 7.29. The zero-order valence-corrected chi connectivity index (χ0v) is 14.0. The van der Waals surface area contributed by atoms with Crippen molar-refractivity contribution in [1.29, 1.82) is 0 Å². The fourth-order valence-corrected chi connectivity index (χ4v) is 3.03. The summed E-state index contributed by atoms with van der Waals surface area (Å²) in [6, 6.07) is 19.6. The maximum absolute atomic E-state index is 11.7. The Morgan fingerprint density at radius 1 is 0.880 bits per heavy atom. The van der Waals surface area contributed by atoms with Crippen molar-refractivity contribution < 1.29 is 13.0 Å². The van der Waals surface area contributed by atoms with Crippen LogP contribution in [0.5, 0.6) is 0 Å². The highest BCUT2D eigenvalue weighted by atomic mass is 32.2. The van der Waals surface area contributed by atoms with E-state index in [-0.39, 0.29) is 10.6 Å². The van der Waals surface area contributed by atoms with E-state index in [1.807, 2.05) is 36.4 Å². The summed E-state index contributed by atoms with van der Waals surface area (Å²) in [5.74, 6) is 0.480. The minimum Gasteiger partial charge on any atom is -0.339 e. The van der Waals surface area contributed by atoms with Crippen molar-refractivity contribution in [3.05, 3.63) is 84.1 Å². The summed E-state index contributed by atoms with van der Waals surface area (Å²) in [6.07, 6.45) is 5.25. The molecule has 0 atom stereocenters. The van der Waals surface area contributed by atoms with E-state index in [0.717, 1.165) is 5.56 Å². The topological polar surface area (TPSA) is 79.3 Å². The monoisotopic (exact) mass is 352 g/mol. The van der Waals surface area contributed by atoms with Gasteiger partial charge >= 0.3 is 0 Å². The molecule has 5 nitrogen and oxygen atoms in total. The highest BCUT2D eigenvalue weighted by Gasteiger charge is 2.18. The molecule has 0 unspecified atom stereocenters. The maximum Gasteiger partial charge on any atom is 0.296 e. The molecule has 0 amide bonds. The fourth-order valence-electron chi connectivity index (χ4n) is 2.35. The number of hydrogen-bond donors (Lipinski definition) is 2.